The van der Waals surface area contributed by atoms with Crippen LogP contribution in [0.25, 0.3) is 0 Å². The third kappa shape index (κ3) is 4.89. The SMILES string of the molecule is COc1ccc([C@H]2CC(=O)C3=C(C2)Nc2ccccc2N(C(=O)CCC(=O)O)[C@H]3c2ccccc2Cl)cc1. The first-order chi connectivity index (χ1) is 18.4. The number of carboxylic acids is 1. The molecule has 0 fully saturated rings. The third-order valence-corrected chi connectivity index (χ3v) is 7.44. The molecule has 0 bridgehead atoms. The number of allylic oxidation sites excluding steroid dienone is 1. The zero-order chi connectivity index (χ0) is 26.8. The molecule has 1 heterocycles. The van der Waals surface area contributed by atoms with E-state index in [1.54, 1.807) is 30.2 Å². The van der Waals surface area contributed by atoms with Crippen LogP contribution in [0, 0.1) is 0 Å². The van der Waals surface area contributed by atoms with Gasteiger partial charge >= 0.3 is 5.97 Å². The summed E-state index contributed by atoms with van der Waals surface area (Å²) in [7, 11) is 1.61. The lowest BCUT2D eigenvalue weighted by Gasteiger charge is -2.35. The summed E-state index contributed by atoms with van der Waals surface area (Å²) in [6.45, 7) is 0. The Morgan fingerprint density at radius 3 is 2.42 bits per heavy atom. The van der Waals surface area contributed by atoms with E-state index in [2.05, 4.69) is 5.32 Å². The van der Waals surface area contributed by atoms with Crippen molar-refractivity contribution in [2.45, 2.75) is 37.6 Å². The molecule has 8 heteroatoms. The van der Waals surface area contributed by atoms with Gasteiger partial charge in [0.2, 0.25) is 5.91 Å². The summed E-state index contributed by atoms with van der Waals surface area (Å²) in [6.07, 6.45) is 0.288. The molecule has 0 unspecified atom stereocenters. The highest BCUT2D eigenvalue weighted by atomic mass is 35.5. The Kier molecular flexibility index (Phi) is 7.20. The van der Waals surface area contributed by atoms with Crippen LogP contribution in [0.5, 0.6) is 5.75 Å². The minimum absolute atomic E-state index is 0.0621. The Bertz CT molecular complexity index is 1430. The zero-order valence-corrected chi connectivity index (χ0v) is 21.6. The Morgan fingerprint density at radius 2 is 1.71 bits per heavy atom. The molecule has 0 aromatic heterocycles. The van der Waals surface area contributed by atoms with E-state index in [0.717, 1.165) is 17.0 Å². The van der Waals surface area contributed by atoms with Crippen molar-refractivity contribution in [2.75, 3.05) is 17.3 Å². The second-order valence-corrected chi connectivity index (χ2v) is 9.82. The fraction of sp³-hybridized carbons (Fsp3) is 0.233. The number of carbonyl (C=O) groups is 3. The summed E-state index contributed by atoms with van der Waals surface area (Å²) in [6, 6.07) is 21.4. The van der Waals surface area contributed by atoms with E-state index in [1.165, 1.54) is 0 Å². The number of ether oxygens (including phenoxy) is 1. The molecule has 2 aliphatic rings. The van der Waals surface area contributed by atoms with Gasteiger partial charge in [-0.15, -0.1) is 0 Å². The molecule has 5 rings (SSSR count). The number of benzene rings is 3. The Hall–Kier alpha value is -4.10. The smallest absolute Gasteiger partial charge is 0.303 e. The molecular formula is C30H27ClN2O5. The zero-order valence-electron chi connectivity index (χ0n) is 20.8. The summed E-state index contributed by atoms with van der Waals surface area (Å²) in [5.41, 5.74) is 4.07. The summed E-state index contributed by atoms with van der Waals surface area (Å²) in [5, 5.41) is 13.1. The van der Waals surface area contributed by atoms with Crippen molar-refractivity contribution in [2.24, 2.45) is 0 Å². The van der Waals surface area contributed by atoms with Crippen LogP contribution in [-0.2, 0) is 14.4 Å². The number of amides is 1. The van der Waals surface area contributed by atoms with Crippen molar-refractivity contribution in [3.05, 3.63) is 100 Å². The fourth-order valence-corrected chi connectivity index (χ4v) is 5.54. The predicted octanol–water partition coefficient (Wildman–Crippen LogP) is 6.11. The second kappa shape index (κ2) is 10.7. The molecule has 1 aliphatic carbocycles. The number of para-hydroxylation sites is 2. The maximum Gasteiger partial charge on any atom is 0.303 e. The van der Waals surface area contributed by atoms with Gasteiger partial charge < -0.3 is 15.2 Å². The number of hydrogen-bond donors (Lipinski definition) is 2. The van der Waals surface area contributed by atoms with Crippen LogP contribution < -0.4 is 15.0 Å². The standard InChI is InChI=1S/C30H27ClN2O5/c1-38-20-12-10-18(11-13-20)19-16-24-29(26(34)17-19)30(21-6-2-3-7-22(21)31)33(27(35)14-15-28(36)37)25-9-5-4-8-23(25)32-24/h2-13,19,30,32H,14-17H2,1H3,(H,36,37)/t19-,30+/m1/s1. The Balaban J connectivity index is 1.67. The highest BCUT2D eigenvalue weighted by molar-refractivity contribution is 6.31. The van der Waals surface area contributed by atoms with Crippen LogP contribution in [-0.4, -0.2) is 29.9 Å². The normalized spacial score (nSPS) is 18.7. The van der Waals surface area contributed by atoms with Crippen LogP contribution in [0.1, 0.15) is 48.8 Å². The van der Waals surface area contributed by atoms with Gasteiger partial charge in [-0.3, -0.25) is 19.3 Å². The van der Waals surface area contributed by atoms with Crippen molar-refractivity contribution >= 4 is 40.6 Å². The van der Waals surface area contributed by atoms with Crippen LogP contribution in [0.2, 0.25) is 5.02 Å². The Morgan fingerprint density at radius 1 is 1.00 bits per heavy atom. The van der Waals surface area contributed by atoms with Crippen LogP contribution >= 0.6 is 11.6 Å². The minimum atomic E-state index is -1.06. The Labute approximate surface area is 225 Å². The average Bonchev–Trinajstić information content (AvgIpc) is 3.06. The first-order valence-corrected chi connectivity index (χ1v) is 12.8. The molecule has 2 N–H and O–H groups in total. The van der Waals surface area contributed by atoms with E-state index >= 15 is 0 Å². The van der Waals surface area contributed by atoms with Gasteiger partial charge in [0.05, 0.1) is 30.9 Å². The lowest BCUT2D eigenvalue weighted by atomic mass is 9.78. The number of Topliss-reactive ketones (excluding diaryl/α,β-unsaturated/α-hetero) is 1. The molecule has 1 amide bonds. The number of carboxylic acid groups (broad SMARTS) is 1. The monoisotopic (exact) mass is 530 g/mol. The third-order valence-electron chi connectivity index (χ3n) is 7.10. The van der Waals surface area contributed by atoms with Crippen molar-refractivity contribution in [1.29, 1.82) is 0 Å². The highest BCUT2D eigenvalue weighted by Crippen LogP contribution is 2.48. The van der Waals surface area contributed by atoms with Crippen LogP contribution in [0.3, 0.4) is 0 Å². The van der Waals surface area contributed by atoms with Crippen molar-refractivity contribution in [1.82, 2.24) is 0 Å². The fourth-order valence-electron chi connectivity index (χ4n) is 5.30. The molecule has 0 spiro atoms. The topological polar surface area (TPSA) is 95.9 Å². The number of methoxy groups -OCH3 is 1. The van der Waals surface area contributed by atoms with Crippen molar-refractivity contribution in [3.8, 4) is 5.75 Å². The van der Waals surface area contributed by atoms with E-state index in [1.807, 2.05) is 54.6 Å². The summed E-state index contributed by atoms with van der Waals surface area (Å²) < 4.78 is 5.29. The van der Waals surface area contributed by atoms with Gasteiger partial charge in [-0.2, -0.15) is 0 Å². The molecule has 2 atom stereocenters. The molecule has 194 valence electrons. The number of nitrogens with one attached hydrogen (secondary N) is 1. The van der Waals surface area contributed by atoms with Crippen LogP contribution in [0.4, 0.5) is 11.4 Å². The number of anilines is 2. The molecular weight excluding hydrogens is 504 g/mol. The van der Waals surface area contributed by atoms with Gasteiger partial charge in [0.25, 0.3) is 0 Å². The first kappa shape index (κ1) is 25.5. The maximum atomic E-state index is 14.0. The quantitative estimate of drug-likeness (QED) is 0.399. The molecule has 0 saturated heterocycles. The maximum absolute atomic E-state index is 14.0. The van der Waals surface area contributed by atoms with Gasteiger partial charge in [0.1, 0.15) is 5.75 Å². The number of fused-ring (bicyclic) bond motifs is 1. The number of carbonyl (C=O) groups excluding carboxylic acids is 2. The van der Waals surface area contributed by atoms with E-state index in [4.69, 9.17) is 16.3 Å². The minimum Gasteiger partial charge on any atom is -0.497 e. The molecule has 0 radical (unpaired) electrons. The van der Waals surface area contributed by atoms with Crippen LogP contribution in [0.15, 0.2) is 84.1 Å². The second-order valence-electron chi connectivity index (χ2n) is 9.42. The van der Waals surface area contributed by atoms with Gasteiger partial charge in [-0.25, -0.2) is 0 Å². The van der Waals surface area contributed by atoms with Crippen molar-refractivity contribution < 1.29 is 24.2 Å². The van der Waals surface area contributed by atoms with E-state index in [9.17, 15) is 19.5 Å². The largest absolute Gasteiger partial charge is 0.497 e. The molecule has 3 aromatic carbocycles. The lowest BCUT2D eigenvalue weighted by Crippen LogP contribution is -2.38. The molecule has 3 aromatic rings. The summed E-state index contributed by atoms with van der Waals surface area (Å²) in [5.74, 6) is -0.872. The van der Waals surface area contributed by atoms with E-state index < -0.39 is 17.9 Å². The number of hydrogen-bond acceptors (Lipinski definition) is 5. The van der Waals surface area contributed by atoms with Gasteiger partial charge in [0.15, 0.2) is 5.78 Å². The number of ketones is 1. The number of halogens is 1. The number of aliphatic carboxylic acids is 1. The molecule has 38 heavy (non-hydrogen) atoms. The predicted molar refractivity (Wildman–Crippen MR) is 146 cm³/mol. The van der Waals surface area contributed by atoms with Gasteiger partial charge in [0, 0.05) is 29.1 Å². The summed E-state index contributed by atoms with van der Waals surface area (Å²) in [4.78, 5) is 40.5. The van der Waals surface area contributed by atoms with Gasteiger partial charge in [-0.05, 0) is 53.8 Å². The number of rotatable bonds is 6. The highest BCUT2D eigenvalue weighted by Gasteiger charge is 2.42. The average molecular weight is 531 g/mol. The van der Waals surface area contributed by atoms with E-state index in [0.29, 0.717) is 34.0 Å². The molecule has 1 aliphatic heterocycles. The molecule has 0 saturated carbocycles. The summed E-state index contributed by atoms with van der Waals surface area (Å²) >= 11 is 6.67. The lowest BCUT2D eigenvalue weighted by molar-refractivity contribution is -0.138. The van der Waals surface area contributed by atoms with Gasteiger partial charge in [-0.1, -0.05) is 54.1 Å². The number of nitrogens with zero attached hydrogens (tertiary/aromatic N) is 1. The van der Waals surface area contributed by atoms with Crippen molar-refractivity contribution in [3.63, 3.8) is 0 Å². The molecule has 7 nitrogen and oxygen atoms in total. The van der Waals surface area contributed by atoms with E-state index in [-0.39, 0.29) is 31.0 Å². The first-order valence-electron chi connectivity index (χ1n) is 12.4.